The lowest BCUT2D eigenvalue weighted by atomic mass is 10.1. The molecule has 7 nitrogen and oxygen atoms in total. The molecule has 1 amide bonds. The fourth-order valence-corrected chi connectivity index (χ4v) is 4.78. The number of methoxy groups -OCH3 is 2. The van der Waals surface area contributed by atoms with Crippen LogP contribution in [-0.4, -0.2) is 42.8 Å². The van der Waals surface area contributed by atoms with Crippen LogP contribution in [0.15, 0.2) is 72.8 Å². The van der Waals surface area contributed by atoms with Crippen molar-refractivity contribution < 1.29 is 19.0 Å². The third-order valence-electron chi connectivity index (χ3n) is 6.64. The zero-order valence-corrected chi connectivity index (χ0v) is 20.7. The molecule has 1 unspecified atom stereocenters. The van der Waals surface area contributed by atoms with Gasteiger partial charge in [-0.2, -0.15) is 0 Å². The first-order valence-corrected chi connectivity index (χ1v) is 12.3. The number of rotatable bonds is 10. The summed E-state index contributed by atoms with van der Waals surface area (Å²) in [5.74, 6) is 3.52. The van der Waals surface area contributed by atoms with Crippen LogP contribution < -0.4 is 19.1 Å². The van der Waals surface area contributed by atoms with E-state index in [4.69, 9.17) is 19.2 Å². The number of carbonyl (C=O) groups is 1. The van der Waals surface area contributed by atoms with E-state index in [1.54, 1.807) is 14.2 Å². The molecule has 0 saturated carbocycles. The molecule has 1 atom stereocenters. The second kappa shape index (κ2) is 10.7. The minimum atomic E-state index is 0.0339. The Bertz CT molecular complexity index is 1330. The average Bonchev–Trinajstić information content (AvgIpc) is 3.49. The summed E-state index contributed by atoms with van der Waals surface area (Å²) >= 11 is 0. The van der Waals surface area contributed by atoms with Gasteiger partial charge in [0.2, 0.25) is 5.91 Å². The van der Waals surface area contributed by atoms with Gasteiger partial charge in [0, 0.05) is 37.2 Å². The monoisotopic (exact) mass is 485 g/mol. The number of carbonyl (C=O) groups excluding carboxylic acids is 1. The van der Waals surface area contributed by atoms with Crippen LogP contribution in [0.3, 0.4) is 0 Å². The number of hydrogen-bond donors (Lipinski definition) is 0. The molecular weight excluding hydrogens is 454 g/mol. The number of benzene rings is 3. The molecule has 1 saturated heterocycles. The van der Waals surface area contributed by atoms with Crippen LogP contribution >= 0.6 is 0 Å². The summed E-state index contributed by atoms with van der Waals surface area (Å²) in [5, 5.41) is 0. The van der Waals surface area contributed by atoms with Crippen LogP contribution in [0.25, 0.3) is 11.0 Å². The maximum Gasteiger partial charge on any atom is 0.227 e. The zero-order valence-electron chi connectivity index (χ0n) is 20.7. The highest BCUT2D eigenvalue weighted by molar-refractivity contribution is 5.96. The fourth-order valence-electron chi connectivity index (χ4n) is 4.78. The molecule has 5 rings (SSSR count). The molecule has 0 spiro atoms. The van der Waals surface area contributed by atoms with Gasteiger partial charge in [0.15, 0.2) is 0 Å². The van der Waals surface area contributed by atoms with Gasteiger partial charge in [0.25, 0.3) is 0 Å². The van der Waals surface area contributed by atoms with Crippen LogP contribution in [-0.2, 0) is 11.3 Å². The number of para-hydroxylation sites is 2. The fraction of sp³-hybridized carbons (Fsp3) is 0.310. The summed E-state index contributed by atoms with van der Waals surface area (Å²) in [6.07, 6.45) is 2.31. The van der Waals surface area contributed by atoms with Crippen molar-refractivity contribution in [3.63, 3.8) is 0 Å². The Morgan fingerprint density at radius 3 is 2.47 bits per heavy atom. The average molecular weight is 486 g/mol. The van der Waals surface area contributed by atoms with E-state index in [9.17, 15) is 4.79 Å². The van der Waals surface area contributed by atoms with E-state index in [1.165, 1.54) is 0 Å². The van der Waals surface area contributed by atoms with E-state index in [-0.39, 0.29) is 11.8 Å². The molecule has 0 bridgehead atoms. The minimum Gasteiger partial charge on any atom is -0.497 e. The first kappa shape index (κ1) is 23.7. The summed E-state index contributed by atoms with van der Waals surface area (Å²) in [6, 6.07) is 23.5. The Hall–Kier alpha value is -4.00. The topological polar surface area (TPSA) is 65.8 Å². The van der Waals surface area contributed by atoms with E-state index in [0.29, 0.717) is 19.6 Å². The van der Waals surface area contributed by atoms with Gasteiger partial charge in [0.1, 0.15) is 23.1 Å². The molecule has 4 aromatic rings. The number of nitrogens with zero attached hydrogens (tertiary/aromatic N) is 3. The standard InChI is InChI=1S/C29H31N3O4/c1-34-23-12-14-24(15-13-23)36-17-6-5-16-31-27-11-4-3-10-26(27)30-29(31)21-18-28(33)32(20-21)22-8-7-9-25(19-22)35-2/h3-4,7-15,19,21H,5-6,16-18,20H2,1-2H3. The Morgan fingerprint density at radius 1 is 0.889 bits per heavy atom. The van der Waals surface area contributed by atoms with Gasteiger partial charge in [-0.05, 0) is 61.4 Å². The zero-order chi connectivity index (χ0) is 24.9. The third-order valence-corrected chi connectivity index (χ3v) is 6.64. The summed E-state index contributed by atoms with van der Waals surface area (Å²) < 4.78 is 18.7. The summed E-state index contributed by atoms with van der Waals surface area (Å²) in [7, 11) is 3.29. The molecule has 0 radical (unpaired) electrons. The van der Waals surface area contributed by atoms with Gasteiger partial charge in [-0.15, -0.1) is 0 Å². The second-order valence-electron chi connectivity index (χ2n) is 8.95. The number of unbranched alkanes of at least 4 members (excludes halogenated alkanes) is 1. The van der Waals surface area contributed by atoms with Gasteiger partial charge in [-0.25, -0.2) is 4.98 Å². The normalized spacial score (nSPS) is 15.4. The number of amides is 1. The van der Waals surface area contributed by atoms with Crippen molar-refractivity contribution in [2.45, 2.75) is 31.7 Å². The van der Waals surface area contributed by atoms with E-state index >= 15 is 0 Å². The van der Waals surface area contributed by atoms with Crippen molar-refractivity contribution in [1.29, 1.82) is 0 Å². The molecule has 7 heteroatoms. The van der Waals surface area contributed by atoms with E-state index in [0.717, 1.165) is 59.2 Å². The van der Waals surface area contributed by atoms with Crippen molar-refractivity contribution in [1.82, 2.24) is 9.55 Å². The number of aryl methyl sites for hydroxylation is 1. The number of ether oxygens (including phenoxy) is 3. The molecule has 3 aromatic carbocycles. The number of aromatic nitrogens is 2. The van der Waals surface area contributed by atoms with Gasteiger partial charge < -0.3 is 23.7 Å². The lowest BCUT2D eigenvalue weighted by Gasteiger charge is -2.18. The SMILES string of the molecule is COc1ccc(OCCCCn2c(C3CC(=O)N(c4cccc(OC)c4)C3)nc3ccccc32)cc1. The largest absolute Gasteiger partial charge is 0.497 e. The summed E-state index contributed by atoms with van der Waals surface area (Å²) in [6.45, 7) is 2.07. The predicted octanol–water partition coefficient (Wildman–Crippen LogP) is 5.43. The molecule has 1 aliphatic heterocycles. The third kappa shape index (κ3) is 5.00. The highest BCUT2D eigenvalue weighted by atomic mass is 16.5. The molecule has 2 heterocycles. The molecule has 0 aliphatic carbocycles. The Labute approximate surface area is 211 Å². The van der Waals surface area contributed by atoms with Crippen LogP contribution in [0.5, 0.6) is 17.2 Å². The second-order valence-corrected chi connectivity index (χ2v) is 8.95. The molecule has 1 aliphatic rings. The highest BCUT2D eigenvalue weighted by Gasteiger charge is 2.35. The predicted molar refractivity (Wildman–Crippen MR) is 140 cm³/mol. The Morgan fingerprint density at radius 2 is 1.67 bits per heavy atom. The Balaban J connectivity index is 1.27. The number of hydrogen-bond acceptors (Lipinski definition) is 5. The van der Waals surface area contributed by atoms with E-state index in [1.807, 2.05) is 71.6 Å². The van der Waals surface area contributed by atoms with Crippen molar-refractivity contribution in [3.05, 3.63) is 78.6 Å². The maximum atomic E-state index is 13.0. The van der Waals surface area contributed by atoms with Crippen molar-refractivity contribution in [3.8, 4) is 17.2 Å². The first-order valence-electron chi connectivity index (χ1n) is 12.3. The maximum absolute atomic E-state index is 13.0. The first-order chi connectivity index (χ1) is 17.7. The lowest BCUT2D eigenvalue weighted by Crippen LogP contribution is -2.24. The lowest BCUT2D eigenvalue weighted by molar-refractivity contribution is -0.117. The molecule has 36 heavy (non-hydrogen) atoms. The molecular formula is C29H31N3O4. The van der Waals surface area contributed by atoms with Gasteiger partial charge >= 0.3 is 0 Å². The van der Waals surface area contributed by atoms with E-state index < -0.39 is 0 Å². The number of anilines is 1. The summed E-state index contributed by atoms with van der Waals surface area (Å²) in [4.78, 5) is 19.8. The number of fused-ring (bicyclic) bond motifs is 1. The summed E-state index contributed by atoms with van der Waals surface area (Å²) in [5.41, 5.74) is 2.94. The van der Waals surface area contributed by atoms with Crippen LogP contribution in [0.2, 0.25) is 0 Å². The highest BCUT2D eigenvalue weighted by Crippen LogP contribution is 2.34. The minimum absolute atomic E-state index is 0.0339. The van der Waals surface area contributed by atoms with Crippen LogP contribution in [0.4, 0.5) is 5.69 Å². The van der Waals surface area contributed by atoms with Gasteiger partial charge in [-0.3, -0.25) is 4.79 Å². The Kier molecular flexibility index (Phi) is 7.07. The van der Waals surface area contributed by atoms with Crippen molar-refractivity contribution in [2.24, 2.45) is 0 Å². The molecule has 1 aromatic heterocycles. The van der Waals surface area contributed by atoms with Gasteiger partial charge in [0.05, 0.1) is 31.9 Å². The smallest absolute Gasteiger partial charge is 0.227 e. The van der Waals surface area contributed by atoms with Crippen molar-refractivity contribution in [2.75, 3.05) is 32.3 Å². The van der Waals surface area contributed by atoms with Crippen LogP contribution in [0.1, 0.15) is 31.0 Å². The van der Waals surface area contributed by atoms with E-state index in [2.05, 4.69) is 10.6 Å². The molecule has 186 valence electrons. The molecule has 0 N–H and O–H groups in total. The number of imidazole rings is 1. The quantitative estimate of drug-likeness (QED) is 0.280. The van der Waals surface area contributed by atoms with Gasteiger partial charge in [-0.1, -0.05) is 18.2 Å². The van der Waals surface area contributed by atoms with Crippen LogP contribution in [0, 0.1) is 0 Å². The van der Waals surface area contributed by atoms with Crippen molar-refractivity contribution >= 4 is 22.6 Å². The molecule has 1 fully saturated rings.